The van der Waals surface area contributed by atoms with Crippen molar-refractivity contribution in [2.75, 3.05) is 4.90 Å². The Labute approximate surface area is 265 Å². The molecule has 0 radical (unpaired) electrons. The smallest absolute Gasteiger partial charge is 0.0468 e. The second-order valence-electron chi connectivity index (χ2n) is 11.4. The van der Waals surface area contributed by atoms with Crippen LogP contribution in [0.25, 0.3) is 71.3 Å². The van der Waals surface area contributed by atoms with Gasteiger partial charge in [0.15, 0.2) is 0 Å². The molecule has 0 fully saturated rings. The van der Waals surface area contributed by atoms with Gasteiger partial charge in [0, 0.05) is 77.6 Å². The summed E-state index contributed by atoms with van der Waals surface area (Å²) >= 11 is 5.61. The fourth-order valence-corrected chi connectivity index (χ4v) is 10.1. The van der Waals surface area contributed by atoms with Crippen molar-refractivity contribution in [3.8, 4) is 0 Å². The summed E-state index contributed by atoms with van der Waals surface area (Å²) < 4.78 is 7.98. The van der Waals surface area contributed by atoms with Crippen molar-refractivity contribution in [1.29, 1.82) is 0 Å². The van der Waals surface area contributed by atoms with Gasteiger partial charge in [-0.3, -0.25) is 0 Å². The van der Waals surface area contributed by atoms with E-state index in [1.54, 1.807) is 0 Å². The second-order valence-corrected chi connectivity index (χ2v) is 14.6. The molecule has 0 amide bonds. The van der Waals surface area contributed by atoms with Crippen LogP contribution in [0, 0.1) is 0 Å². The summed E-state index contributed by atoms with van der Waals surface area (Å²) in [5, 5.41) is 10.4. The molecule has 3 heterocycles. The van der Waals surface area contributed by atoms with Crippen molar-refractivity contribution in [2.45, 2.75) is 0 Å². The highest BCUT2D eigenvalue weighted by Gasteiger charge is 2.17. The number of benzene rings is 7. The molecule has 0 unspecified atom stereocenters. The highest BCUT2D eigenvalue weighted by atomic mass is 32.1. The maximum Gasteiger partial charge on any atom is 0.0468 e. The van der Waals surface area contributed by atoms with Crippen LogP contribution < -0.4 is 4.90 Å². The standard InChI is InChI=1S/C40H23NS3/c1-6-12-37-29(7-1)32-20-25-19-26(14-13-24(25)21-40(32)44-37)41(27-15-17-38-33(22-27)30-8-2-4-10-35(30)42-38)28-16-18-39-34(23-28)31-9-3-5-11-36(31)43-39/h1-23H. The van der Waals surface area contributed by atoms with Crippen LogP contribution in [0.1, 0.15) is 0 Å². The predicted molar refractivity (Wildman–Crippen MR) is 197 cm³/mol. The van der Waals surface area contributed by atoms with Crippen LogP contribution in [0.4, 0.5) is 17.1 Å². The van der Waals surface area contributed by atoms with E-state index in [1.807, 2.05) is 34.0 Å². The Balaban J connectivity index is 1.23. The molecule has 0 aliphatic heterocycles. The van der Waals surface area contributed by atoms with Gasteiger partial charge in [0.1, 0.15) is 0 Å². The second kappa shape index (κ2) is 9.38. The molecule has 0 bridgehead atoms. The van der Waals surface area contributed by atoms with E-state index in [9.17, 15) is 0 Å². The van der Waals surface area contributed by atoms with Crippen LogP contribution in [-0.4, -0.2) is 0 Å². The lowest BCUT2D eigenvalue weighted by molar-refractivity contribution is 1.30. The van der Waals surface area contributed by atoms with Crippen LogP contribution in [-0.2, 0) is 0 Å². The maximum atomic E-state index is 2.44. The Morgan fingerprint density at radius 3 is 1.30 bits per heavy atom. The maximum absolute atomic E-state index is 2.44. The molecule has 7 aromatic carbocycles. The normalized spacial score (nSPS) is 12.1. The molecule has 1 nitrogen and oxygen atoms in total. The van der Waals surface area contributed by atoms with Crippen molar-refractivity contribution >= 4 is 122 Å². The van der Waals surface area contributed by atoms with Gasteiger partial charge in [-0.25, -0.2) is 0 Å². The zero-order chi connectivity index (χ0) is 28.8. The average Bonchev–Trinajstić information content (AvgIpc) is 3.74. The van der Waals surface area contributed by atoms with E-state index in [0.29, 0.717) is 0 Å². The minimum atomic E-state index is 1.16. The van der Waals surface area contributed by atoms with Crippen molar-refractivity contribution in [3.05, 3.63) is 140 Å². The van der Waals surface area contributed by atoms with Crippen molar-refractivity contribution in [2.24, 2.45) is 0 Å². The van der Waals surface area contributed by atoms with Gasteiger partial charge in [0.2, 0.25) is 0 Å². The number of hydrogen-bond donors (Lipinski definition) is 0. The van der Waals surface area contributed by atoms with E-state index >= 15 is 0 Å². The summed E-state index contributed by atoms with van der Waals surface area (Å²) in [6, 6.07) is 51.9. The molecular weight excluding hydrogens is 591 g/mol. The Morgan fingerprint density at radius 1 is 0.295 bits per heavy atom. The van der Waals surface area contributed by atoms with Crippen molar-refractivity contribution in [3.63, 3.8) is 0 Å². The zero-order valence-corrected chi connectivity index (χ0v) is 25.9. The third kappa shape index (κ3) is 3.69. The van der Waals surface area contributed by atoms with Crippen LogP contribution >= 0.6 is 34.0 Å². The van der Waals surface area contributed by atoms with Crippen LogP contribution in [0.2, 0.25) is 0 Å². The first-order chi connectivity index (χ1) is 21.8. The molecule has 44 heavy (non-hydrogen) atoms. The number of fused-ring (bicyclic) bond motifs is 10. The molecule has 3 aromatic heterocycles. The summed E-state index contributed by atoms with van der Waals surface area (Å²) in [6.45, 7) is 0. The molecule has 0 atom stereocenters. The van der Waals surface area contributed by atoms with E-state index in [2.05, 4.69) is 144 Å². The first-order valence-corrected chi connectivity index (χ1v) is 17.2. The lowest BCUT2D eigenvalue weighted by Crippen LogP contribution is -2.09. The van der Waals surface area contributed by atoms with E-state index in [-0.39, 0.29) is 0 Å². The summed E-state index contributed by atoms with van der Waals surface area (Å²) in [4.78, 5) is 2.44. The molecule has 0 spiro atoms. The van der Waals surface area contributed by atoms with Crippen molar-refractivity contribution in [1.82, 2.24) is 0 Å². The SMILES string of the molecule is c1ccc2c(c1)sc1ccc(N(c3ccc4cc5sc6ccccc6c5cc4c3)c3ccc4sc5ccccc5c4c3)cc12. The molecule has 0 saturated heterocycles. The molecule has 0 aliphatic carbocycles. The molecule has 10 aromatic rings. The van der Waals surface area contributed by atoms with Gasteiger partial charge < -0.3 is 4.90 Å². The molecule has 4 heteroatoms. The first-order valence-electron chi connectivity index (χ1n) is 14.7. The average molecular weight is 614 g/mol. The Morgan fingerprint density at radius 2 is 0.727 bits per heavy atom. The molecular formula is C40H23NS3. The minimum absolute atomic E-state index is 1.16. The number of hydrogen-bond acceptors (Lipinski definition) is 4. The van der Waals surface area contributed by atoms with Gasteiger partial charge in [-0.15, -0.1) is 34.0 Å². The highest BCUT2D eigenvalue weighted by Crippen LogP contribution is 2.44. The van der Waals surface area contributed by atoms with E-state index in [1.165, 1.54) is 82.7 Å². The molecule has 206 valence electrons. The lowest BCUT2D eigenvalue weighted by Gasteiger charge is -2.26. The van der Waals surface area contributed by atoms with Gasteiger partial charge in [0.25, 0.3) is 0 Å². The topological polar surface area (TPSA) is 3.24 Å². The minimum Gasteiger partial charge on any atom is -0.310 e. The van der Waals surface area contributed by atoms with E-state index < -0.39 is 0 Å². The predicted octanol–water partition coefficient (Wildman–Crippen LogP) is 13.4. The Kier molecular flexibility index (Phi) is 5.26. The Bertz CT molecular complexity index is 2630. The molecule has 10 rings (SSSR count). The zero-order valence-electron chi connectivity index (χ0n) is 23.5. The molecule has 0 saturated carbocycles. The lowest BCUT2D eigenvalue weighted by atomic mass is 10.0. The van der Waals surface area contributed by atoms with Gasteiger partial charge in [0.05, 0.1) is 0 Å². The van der Waals surface area contributed by atoms with Gasteiger partial charge in [-0.05, 0) is 89.6 Å². The first kappa shape index (κ1) is 24.7. The number of rotatable bonds is 3. The van der Waals surface area contributed by atoms with E-state index in [0.717, 1.165) is 5.69 Å². The fourth-order valence-electron chi connectivity index (χ4n) is 6.75. The van der Waals surface area contributed by atoms with Crippen molar-refractivity contribution < 1.29 is 0 Å². The molecule has 0 N–H and O–H groups in total. The van der Waals surface area contributed by atoms with Gasteiger partial charge in [-0.2, -0.15) is 0 Å². The summed E-state index contributed by atoms with van der Waals surface area (Å²) in [5.41, 5.74) is 3.50. The largest absolute Gasteiger partial charge is 0.310 e. The Hall–Kier alpha value is -4.74. The van der Waals surface area contributed by atoms with Gasteiger partial charge in [-0.1, -0.05) is 60.7 Å². The summed E-state index contributed by atoms with van der Waals surface area (Å²) in [7, 11) is 0. The number of nitrogens with zero attached hydrogens (tertiary/aromatic N) is 1. The van der Waals surface area contributed by atoms with Gasteiger partial charge >= 0.3 is 0 Å². The van der Waals surface area contributed by atoms with Crippen LogP contribution in [0.15, 0.2) is 140 Å². The number of anilines is 3. The monoisotopic (exact) mass is 613 g/mol. The van der Waals surface area contributed by atoms with Crippen LogP contribution in [0.3, 0.4) is 0 Å². The third-order valence-corrected chi connectivity index (χ3v) is 12.3. The fraction of sp³-hybridized carbons (Fsp3) is 0. The highest BCUT2D eigenvalue weighted by molar-refractivity contribution is 7.26. The quantitative estimate of drug-likeness (QED) is 0.192. The van der Waals surface area contributed by atoms with E-state index in [4.69, 9.17) is 0 Å². The van der Waals surface area contributed by atoms with Crippen LogP contribution in [0.5, 0.6) is 0 Å². The summed E-state index contributed by atoms with van der Waals surface area (Å²) in [5.74, 6) is 0. The molecule has 0 aliphatic rings. The number of thiophene rings is 3. The summed E-state index contributed by atoms with van der Waals surface area (Å²) in [6.07, 6.45) is 0. The third-order valence-electron chi connectivity index (χ3n) is 8.81.